The number of nitrogens with one attached hydrogen (secondary N) is 1. The Kier molecular flexibility index (Phi) is 37.1. The average molecular weight is 1050 g/mol. The molecule has 2 aliphatic heterocycles. The summed E-state index contributed by atoms with van der Waals surface area (Å²) in [5, 5.41) is 58.1. The molecule has 12 nitrogen and oxygen atoms in total. The summed E-state index contributed by atoms with van der Waals surface area (Å²) in [5.41, 5.74) is 0.425. The standard InChI is InChI=1S/C60H104N2O10S/c1-3-5-7-9-11-13-15-17-18-19-20-21-22-23-24-25-26-27-29-31-33-35-40-44-53(64)61-49(55(66)50(63)43-39-34-32-30-28-16-14-12-10-8-6-4-2)46-71-60-58(69)57(68)56(67)51(72-60)47-73-52-45-54(65)62(59(52)70)48-41-37-36-38-42-48/h36-38,41-42,45,49-51,55-58,60,63,66-69H,3-35,39-40,43-44,46-47H2,1-2H3,(H,61,64)/t49-,50+,51+,55-,56-,57-,58+,60-/m0/s1. The van der Waals surface area contributed by atoms with E-state index in [1.54, 1.807) is 30.3 Å². The topological polar surface area (TPSA) is 186 Å². The second-order valence-electron chi connectivity index (χ2n) is 21.4. The first kappa shape index (κ1) is 64.9. The number of hydrogen-bond donors (Lipinski definition) is 6. The fraction of sp³-hybridized carbons (Fsp3) is 0.817. The number of imide groups is 1. The van der Waals surface area contributed by atoms with E-state index >= 15 is 0 Å². The van der Waals surface area contributed by atoms with Gasteiger partial charge in [-0.3, -0.25) is 14.4 Å². The Balaban J connectivity index is 1.38. The number of para-hydroxylation sites is 1. The van der Waals surface area contributed by atoms with Crippen molar-refractivity contribution in [3.05, 3.63) is 41.3 Å². The van der Waals surface area contributed by atoms with Gasteiger partial charge in [-0.1, -0.05) is 250 Å². The van der Waals surface area contributed by atoms with Gasteiger partial charge >= 0.3 is 0 Å². The number of thioether (sulfide) groups is 1. The molecule has 1 fully saturated rings. The lowest BCUT2D eigenvalue weighted by molar-refractivity contribution is -0.294. The minimum atomic E-state index is -1.67. The van der Waals surface area contributed by atoms with Gasteiger partial charge in [-0.2, -0.15) is 0 Å². The lowest BCUT2D eigenvalue weighted by Crippen LogP contribution is -2.60. The fourth-order valence-electron chi connectivity index (χ4n) is 10.1. The van der Waals surface area contributed by atoms with Crippen LogP contribution >= 0.6 is 11.8 Å². The lowest BCUT2D eigenvalue weighted by Gasteiger charge is -2.41. The van der Waals surface area contributed by atoms with E-state index in [1.165, 1.54) is 179 Å². The molecule has 1 aromatic rings. The second-order valence-corrected chi connectivity index (χ2v) is 22.5. The van der Waals surface area contributed by atoms with Crippen molar-refractivity contribution in [1.29, 1.82) is 0 Å². The molecule has 420 valence electrons. The molecule has 0 bridgehead atoms. The molecule has 1 aromatic carbocycles. The van der Waals surface area contributed by atoms with E-state index in [4.69, 9.17) is 9.47 Å². The van der Waals surface area contributed by atoms with Crippen molar-refractivity contribution in [3.8, 4) is 0 Å². The normalized spacial score (nSPS) is 20.4. The summed E-state index contributed by atoms with van der Waals surface area (Å²) < 4.78 is 11.9. The number of ether oxygens (including phenoxy) is 2. The zero-order valence-electron chi connectivity index (χ0n) is 45.8. The molecule has 0 saturated carbocycles. The maximum Gasteiger partial charge on any atom is 0.271 e. The van der Waals surface area contributed by atoms with E-state index in [0.717, 1.165) is 61.6 Å². The number of nitrogens with zero attached hydrogens (tertiary/aromatic N) is 1. The predicted octanol–water partition coefficient (Wildman–Crippen LogP) is 12.7. The number of benzene rings is 1. The molecule has 13 heteroatoms. The van der Waals surface area contributed by atoms with Crippen LogP contribution in [-0.4, -0.2) is 105 Å². The smallest absolute Gasteiger partial charge is 0.271 e. The van der Waals surface area contributed by atoms with Gasteiger partial charge < -0.3 is 40.3 Å². The number of hydrogen-bond acceptors (Lipinski definition) is 11. The van der Waals surface area contributed by atoms with Crippen molar-refractivity contribution >= 4 is 35.2 Å². The van der Waals surface area contributed by atoms with Crippen molar-refractivity contribution in [2.75, 3.05) is 17.3 Å². The summed E-state index contributed by atoms with van der Waals surface area (Å²) in [7, 11) is 0. The molecular weight excluding hydrogens is 941 g/mol. The molecule has 0 aliphatic carbocycles. The molecule has 3 rings (SSSR count). The van der Waals surface area contributed by atoms with Gasteiger partial charge in [-0.05, 0) is 25.0 Å². The van der Waals surface area contributed by atoms with Crippen LogP contribution in [0.4, 0.5) is 5.69 Å². The van der Waals surface area contributed by atoms with E-state index in [-0.39, 0.29) is 29.6 Å². The zero-order valence-corrected chi connectivity index (χ0v) is 46.6. The summed E-state index contributed by atoms with van der Waals surface area (Å²) in [4.78, 5) is 40.4. The van der Waals surface area contributed by atoms with E-state index < -0.39 is 60.8 Å². The van der Waals surface area contributed by atoms with Crippen LogP contribution in [0.1, 0.15) is 251 Å². The highest BCUT2D eigenvalue weighted by Crippen LogP contribution is 2.32. The van der Waals surface area contributed by atoms with Gasteiger partial charge in [0, 0.05) is 18.2 Å². The minimum Gasteiger partial charge on any atom is -0.390 e. The summed E-state index contributed by atoms with van der Waals surface area (Å²) in [5.74, 6) is -1.36. The Morgan fingerprint density at radius 1 is 0.603 bits per heavy atom. The summed E-state index contributed by atoms with van der Waals surface area (Å²) >= 11 is 0.979. The molecule has 8 atom stereocenters. The first-order chi connectivity index (χ1) is 35.6. The molecule has 1 saturated heterocycles. The number of aliphatic hydroxyl groups is 5. The van der Waals surface area contributed by atoms with E-state index in [2.05, 4.69) is 19.2 Å². The first-order valence-corrected chi connectivity index (χ1v) is 30.8. The molecule has 6 N–H and O–H groups in total. The monoisotopic (exact) mass is 1040 g/mol. The quantitative estimate of drug-likeness (QED) is 0.0269. The third-order valence-corrected chi connectivity index (χ3v) is 16.0. The third-order valence-electron chi connectivity index (χ3n) is 14.9. The number of carbonyl (C=O) groups excluding carboxylic acids is 3. The van der Waals surface area contributed by atoms with Crippen molar-refractivity contribution < 1.29 is 49.4 Å². The van der Waals surface area contributed by atoms with Gasteiger partial charge in [0.25, 0.3) is 11.8 Å². The number of anilines is 1. The van der Waals surface area contributed by atoms with Crippen LogP contribution in [0, 0.1) is 0 Å². The lowest BCUT2D eigenvalue weighted by atomic mass is 9.98. The third kappa shape index (κ3) is 28.0. The molecule has 0 radical (unpaired) electrons. The van der Waals surface area contributed by atoms with Crippen LogP contribution in [-0.2, 0) is 23.9 Å². The molecule has 0 spiro atoms. The SMILES string of the molecule is CCCCCCCCCCCCCCCCCCCCCCCCCC(=O)N[C@@H](CO[C@H]1O[C@H](CSC2=CC(=O)N(c3ccccc3)C2=O)[C@H](O)[C@H](O)[C@H]1O)[C@H](O)[C@H](O)CCCCCCCCCCCCCC. The predicted molar refractivity (Wildman–Crippen MR) is 298 cm³/mol. The van der Waals surface area contributed by atoms with Gasteiger partial charge in [-0.15, -0.1) is 11.8 Å². The van der Waals surface area contributed by atoms with E-state index in [0.29, 0.717) is 18.5 Å². The van der Waals surface area contributed by atoms with E-state index in [1.807, 2.05) is 0 Å². The van der Waals surface area contributed by atoms with Crippen molar-refractivity contribution in [1.82, 2.24) is 5.32 Å². The highest BCUT2D eigenvalue weighted by atomic mass is 32.2. The van der Waals surface area contributed by atoms with Crippen LogP contribution in [0.25, 0.3) is 0 Å². The molecule has 2 heterocycles. The van der Waals surface area contributed by atoms with E-state index in [9.17, 15) is 39.9 Å². The summed E-state index contributed by atoms with van der Waals surface area (Å²) in [6, 6.07) is 7.48. The van der Waals surface area contributed by atoms with Crippen LogP contribution < -0.4 is 10.2 Å². The van der Waals surface area contributed by atoms with Crippen LogP contribution in [0.3, 0.4) is 0 Å². The number of aliphatic hydroxyl groups excluding tert-OH is 5. The highest BCUT2D eigenvalue weighted by molar-refractivity contribution is 8.04. The number of amides is 3. The summed E-state index contributed by atoms with van der Waals surface area (Å²) in [6.45, 7) is 4.16. The van der Waals surface area contributed by atoms with Crippen LogP contribution in [0.15, 0.2) is 41.3 Å². The maximum atomic E-state index is 13.3. The Hall–Kier alpha value is -2.36. The Morgan fingerprint density at radius 2 is 1.03 bits per heavy atom. The van der Waals surface area contributed by atoms with Crippen molar-refractivity contribution in [3.63, 3.8) is 0 Å². The van der Waals surface area contributed by atoms with Crippen molar-refractivity contribution in [2.45, 2.75) is 300 Å². The van der Waals surface area contributed by atoms with Gasteiger partial charge in [-0.25, -0.2) is 4.90 Å². The molecule has 2 aliphatic rings. The minimum absolute atomic E-state index is 0.0571. The van der Waals surface area contributed by atoms with Crippen LogP contribution in [0.5, 0.6) is 0 Å². The van der Waals surface area contributed by atoms with Gasteiger partial charge in [0.1, 0.15) is 24.4 Å². The Bertz CT molecular complexity index is 1590. The number of carbonyl (C=O) groups is 3. The fourth-order valence-corrected chi connectivity index (χ4v) is 11.2. The molecule has 73 heavy (non-hydrogen) atoms. The molecule has 0 aromatic heterocycles. The number of rotatable bonds is 47. The van der Waals surface area contributed by atoms with Gasteiger partial charge in [0.05, 0.1) is 35.4 Å². The molecule has 3 amide bonds. The second kappa shape index (κ2) is 41.8. The highest BCUT2D eigenvalue weighted by Gasteiger charge is 2.45. The van der Waals surface area contributed by atoms with Crippen molar-refractivity contribution in [2.24, 2.45) is 0 Å². The Morgan fingerprint density at radius 3 is 1.48 bits per heavy atom. The largest absolute Gasteiger partial charge is 0.390 e. The average Bonchev–Trinajstić information content (AvgIpc) is 3.68. The van der Waals surface area contributed by atoms with Gasteiger partial charge in [0.2, 0.25) is 5.91 Å². The molecular formula is C60H104N2O10S. The zero-order chi connectivity index (χ0) is 52.7. The van der Waals surface area contributed by atoms with Gasteiger partial charge in [0.15, 0.2) is 6.29 Å². The number of unbranched alkanes of at least 4 members (excludes halogenated alkanes) is 33. The first-order valence-electron chi connectivity index (χ1n) is 29.8. The maximum absolute atomic E-state index is 13.3. The summed E-state index contributed by atoms with van der Waals surface area (Å²) in [6.07, 6.45) is 35.7. The molecule has 0 unspecified atom stereocenters. The Labute approximate surface area is 447 Å². The van der Waals surface area contributed by atoms with Crippen LogP contribution in [0.2, 0.25) is 0 Å².